The fourth-order valence-electron chi connectivity index (χ4n) is 2.22. The van der Waals surface area contributed by atoms with E-state index in [-0.39, 0.29) is 15.8 Å². The van der Waals surface area contributed by atoms with Crippen molar-refractivity contribution in [1.82, 2.24) is 14.6 Å². The molecule has 2 heterocycles. The first-order chi connectivity index (χ1) is 14.0. The molecule has 0 spiro atoms. The van der Waals surface area contributed by atoms with E-state index in [0.29, 0.717) is 17.5 Å². The molecule has 30 heavy (non-hydrogen) atoms. The summed E-state index contributed by atoms with van der Waals surface area (Å²) in [5.41, 5.74) is 0.813. The SMILES string of the molecule is COCCc1sc(S(=O)(=O)NC(=O)Nc2cc(Br)cc(NC(=O)N(C)C)n2)cc1C. The molecule has 0 aliphatic heterocycles. The van der Waals surface area contributed by atoms with E-state index in [0.717, 1.165) is 21.8 Å². The van der Waals surface area contributed by atoms with Gasteiger partial charge in [0, 0.05) is 37.0 Å². The number of ether oxygens (including phenoxy) is 1. The minimum absolute atomic E-state index is 0.0300. The van der Waals surface area contributed by atoms with Crippen molar-refractivity contribution in [3.8, 4) is 0 Å². The molecule has 13 heteroatoms. The zero-order valence-corrected chi connectivity index (χ0v) is 20.0. The number of pyridine rings is 1. The quantitative estimate of drug-likeness (QED) is 0.515. The topological polar surface area (TPSA) is 130 Å². The highest BCUT2D eigenvalue weighted by molar-refractivity contribution is 9.10. The van der Waals surface area contributed by atoms with Crippen LogP contribution in [0.25, 0.3) is 0 Å². The van der Waals surface area contributed by atoms with Gasteiger partial charge in [-0.2, -0.15) is 0 Å². The van der Waals surface area contributed by atoms with Gasteiger partial charge >= 0.3 is 12.1 Å². The van der Waals surface area contributed by atoms with E-state index in [1.807, 2.05) is 4.72 Å². The lowest BCUT2D eigenvalue weighted by molar-refractivity contribution is 0.203. The Bertz CT molecular complexity index is 1040. The maximum Gasteiger partial charge on any atom is 0.334 e. The summed E-state index contributed by atoms with van der Waals surface area (Å²) in [5, 5.41) is 4.90. The van der Waals surface area contributed by atoms with E-state index < -0.39 is 22.1 Å². The second kappa shape index (κ2) is 10.2. The molecule has 2 aromatic heterocycles. The van der Waals surface area contributed by atoms with Crippen molar-refractivity contribution in [1.29, 1.82) is 0 Å². The molecule has 2 rings (SSSR count). The monoisotopic (exact) mass is 519 g/mol. The Morgan fingerprint density at radius 2 is 1.83 bits per heavy atom. The number of nitrogens with zero attached hydrogens (tertiary/aromatic N) is 2. The van der Waals surface area contributed by atoms with Crippen LogP contribution in [0.2, 0.25) is 0 Å². The Balaban J connectivity index is 2.11. The van der Waals surface area contributed by atoms with Gasteiger partial charge in [-0.15, -0.1) is 11.3 Å². The predicted molar refractivity (Wildman–Crippen MR) is 119 cm³/mol. The summed E-state index contributed by atoms with van der Waals surface area (Å²) in [5.74, 6) is 0.229. The molecule has 0 saturated carbocycles. The van der Waals surface area contributed by atoms with E-state index in [1.54, 1.807) is 28.1 Å². The number of aryl methyl sites for hydroxylation is 1. The zero-order valence-electron chi connectivity index (χ0n) is 16.8. The summed E-state index contributed by atoms with van der Waals surface area (Å²) >= 11 is 4.34. The van der Waals surface area contributed by atoms with Gasteiger partial charge in [-0.3, -0.25) is 10.6 Å². The van der Waals surface area contributed by atoms with Crippen LogP contribution in [0.4, 0.5) is 21.2 Å². The van der Waals surface area contributed by atoms with Gasteiger partial charge < -0.3 is 9.64 Å². The number of nitrogens with one attached hydrogen (secondary N) is 3. The first kappa shape index (κ1) is 24.1. The fourth-order valence-corrected chi connectivity index (χ4v) is 5.14. The number of carbonyl (C=O) groups excluding carboxylic acids is 2. The molecule has 3 N–H and O–H groups in total. The summed E-state index contributed by atoms with van der Waals surface area (Å²) in [4.78, 5) is 30.3. The summed E-state index contributed by atoms with van der Waals surface area (Å²) in [6.45, 7) is 2.27. The minimum atomic E-state index is -4.06. The lowest BCUT2D eigenvalue weighted by Gasteiger charge is -2.13. The van der Waals surface area contributed by atoms with Crippen molar-refractivity contribution >= 4 is 61.0 Å². The number of sulfonamides is 1. The van der Waals surface area contributed by atoms with E-state index in [9.17, 15) is 18.0 Å². The van der Waals surface area contributed by atoms with Crippen LogP contribution in [-0.4, -0.2) is 58.2 Å². The standard InChI is InChI=1S/C17H22BrN5O5S2/c1-10-7-15(29-12(10)5-6-28-4)30(26,27)22-16(24)20-13-8-11(18)9-14(19-13)21-17(25)23(2)3/h7-9H,5-6H2,1-4H3,(H3,19,20,21,22,24,25). The molecule has 0 radical (unpaired) electrons. The largest absolute Gasteiger partial charge is 0.384 e. The van der Waals surface area contributed by atoms with Crippen LogP contribution in [-0.2, 0) is 21.2 Å². The number of halogens is 1. The number of carbonyl (C=O) groups is 2. The third-order valence-corrected chi connectivity index (χ3v) is 7.26. The number of hydrogen-bond donors (Lipinski definition) is 3. The number of amides is 4. The van der Waals surface area contributed by atoms with Crippen molar-refractivity contribution in [3.05, 3.63) is 33.1 Å². The van der Waals surface area contributed by atoms with Gasteiger partial charge in [-0.1, -0.05) is 15.9 Å². The molecule has 164 valence electrons. The molecule has 0 fully saturated rings. The number of methoxy groups -OCH3 is 1. The zero-order chi connectivity index (χ0) is 22.5. The van der Waals surface area contributed by atoms with Crippen LogP contribution in [0.5, 0.6) is 0 Å². The maximum absolute atomic E-state index is 12.5. The van der Waals surface area contributed by atoms with Gasteiger partial charge in [0.05, 0.1) is 6.61 Å². The second-order valence-corrected chi connectivity index (χ2v) is 10.3. The molecule has 0 saturated heterocycles. The number of rotatable bonds is 7. The van der Waals surface area contributed by atoms with Crippen LogP contribution in [0.3, 0.4) is 0 Å². The summed E-state index contributed by atoms with van der Waals surface area (Å²) in [6.07, 6.45) is 0.581. The second-order valence-electron chi connectivity index (χ2n) is 6.35. The maximum atomic E-state index is 12.5. The Labute approximate surface area is 187 Å². The number of hydrogen-bond acceptors (Lipinski definition) is 7. The normalized spacial score (nSPS) is 11.1. The van der Waals surface area contributed by atoms with Gasteiger partial charge in [-0.25, -0.2) is 27.7 Å². The molecule has 2 aromatic rings. The van der Waals surface area contributed by atoms with Crippen LogP contribution in [0, 0.1) is 6.92 Å². The van der Waals surface area contributed by atoms with Crippen LogP contribution in [0.15, 0.2) is 26.9 Å². The molecule has 0 atom stereocenters. The van der Waals surface area contributed by atoms with Gasteiger partial charge in [0.25, 0.3) is 10.0 Å². The molecule has 0 aliphatic rings. The minimum Gasteiger partial charge on any atom is -0.384 e. The highest BCUT2D eigenvalue weighted by Crippen LogP contribution is 2.26. The van der Waals surface area contributed by atoms with Crippen LogP contribution in [0.1, 0.15) is 10.4 Å². The Morgan fingerprint density at radius 1 is 1.20 bits per heavy atom. The van der Waals surface area contributed by atoms with E-state index in [1.165, 1.54) is 23.1 Å². The summed E-state index contributed by atoms with van der Waals surface area (Å²) < 4.78 is 32.6. The Morgan fingerprint density at radius 3 is 2.43 bits per heavy atom. The number of aromatic nitrogens is 1. The van der Waals surface area contributed by atoms with Crippen molar-refractivity contribution in [3.63, 3.8) is 0 Å². The van der Waals surface area contributed by atoms with E-state index >= 15 is 0 Å². The van der Waals surface area contributed by atoms with Gasteiger partial charge in [0.15, 0.2) is 0 Å². The Hall–Kier alpha value is -2.22. The van der Waals surface area contributed by atoms with Crippen LogP contribution >= 0.6 is 27.3 Å². The van der Waals surface area contributed by atoms with Gasteiger partial charge in [0.1, 0.15) is 15.8 Å². The Kier molecular flexibility index (Phi) is 8.18. The number of thiophene rings is 1. The van der Waals surface area contributed by atoms with Crippen molar-refractivity contribution in [2.45, 2.75) is 17.6 Å². The molecule has 10 nitrogen and oxygen atoms in total. The van der Waals surface area contributed by atoms with Gasteiger partial charge in [0.2, 0.25) is 0 Å². The summed E-state index contributed by atoms with van der Waals surface area (Å²) in [7, 11) is 0.647. The average molecular weight is 520 g/mol. The van der Waals surface area contributed by atoms with Crippen molar-refractivity contribution < 1.29 is 22.7 Å². The van der Waals surface area contributed by atoms with Crippen molar-refractivity contribution in [2.24, 2.45) is 0 Å². The fraction of sp³-hybridized carbons (Fsp3) is 0.353. The highest BCUT2D eigenvalue weighted by atomic mass is 79.9. The molecule has 0 aliphatic carbocycles. The van der Waals surface area contributed by atoms with E-state index in [4.69, 9.17) is 4.74 Å². The average Bonchev–Trinajstić information content (AvgIpc) is 3.00. The van der Waals surface area contributed by atoms with Crippen molar-refractivity contribution in [2.75, 3.05) is 38.4 Å². The van der Waals surface area contributed by atoms with Crippen LogP contribution < -0.4 is 15.4 Å². The van der Waals surface area contributed by atoms with E-state index in [2.05, 4.69) is 31.5 Å². The highest BCUT2D eigenvalue weighted by Gasteiger charge is 2.22. The third-order valence-electron chi connectivity index (χ3n) is 3.70. The molecular weight excluding hydrogens is 498 g/mol. The number of urea groups is 2. The van der Waals surface area contributed by atoms with Gasteiger partial charge in [-0.05, 0) is 30.7 Å². The predicted octanol–water partition coefficient (Wildman–Crippen LogP) is 3.01. The first-order valence-corrected chi connectivity index (χ1v) is 11.7. The number of anilines is 2. The molecule has 0 bridgehead atoms. The molecular formula is C17H22BrN5O5S2. The summed E-state index contributed by atoms with van der Waals surface area (Å²) in [6, 6.07) is 3.13. The molecule has 0 aromatic carbocycles. The lowest BCUT2D eigenvalue weighted by Crippen LogP contribution is -2.34. The third kappa shape index (κ3) is 6.65. The lowest BCUT2D eigenvalue weighted by atomic mass is 10.2. The smallest absolute Gasteiger partial charge is 0.334 e. The molecule has 0 unspecified atom stereocenters. The first-order valence-electron chi connectivity index (χ1n) is 8.59. The molecule has 4 amide bonds.